The predicted molar refractivity (Wildman–Crippen MR) is 132 cm³/mol. The smallest absolute Gasteiger partial charge is 0.309 e. The Kier molecular flexibility index (Phi) is 10.9. The van der Waals surface area contributed by atoms with Crippen LogP contribution in [0.2, 0.25) is 0 Å². The number of piperidine rings is 1. The molecule has 2 aliphatic rings. The molecule has 2 saturated heterocycles. The number of aliphatic imine (C=N–C) groups is 1. The Morgan fingerprint density at radius 2 is 1.70 bits per heavy atom. The zero-order valence-corrected chi connectivity index (χ0v) is 20.8. The molecule has 0 atom stereocenters. The van der Waals surface area contributed by atoms with Crippen molar-refractivity contribution in [3.8, 4) is 0 Å². The Bertz CT molecular complexity index is 666. The number of rotatable bonds is 7. The first-order valence-electron chi connectivity index (χ1n) is 11.2. The first-order chi connectivity index (χ1) is 14.2. The third-order valence-corrected chi connectivity index (χ3v) is 5.79. The van der Waals surface area contributed by atoms with Crippen LogP contribution in [0.15, 0.2) is 29.3 Å². The molecular weight excluding hydrogens is 491 g/mol. The van der Waals surface area contributed by atoms with Crippen LogP contribution in [-0.4, -0.2) is 61.1 Å². The number of nitrogens with one attached hydrogen (secondary N) is 1. The van der Waals surface area contributed by atoms with Crippen molar-refractivity contribution in [2.24, 2.45) is 10.9 Å². The Labute approximate surface area is 198 Å². The van der Waals surface area contributed by atoms with E-state index >= 15 is 0 Å². The fraction of sp³-hybridized carbons (Fsp3) is 0.652. The lowest BCUT2D eigenvalue weighted by molar-refractivity contribution is -0.149. The van der Waals surface area contributed by atoms with Crippen molar-refractivity contribution >= 4 is 35.9 Å². The molecule has 30 heavy (non-hydrogen) atoms. The van der Waals surface area contributed by atoms with Gasteiger partial charge in [0.1, 0.15) is 0 Å². The maximum absolute atomic E-state index is 12.0. The van der Waals surface area contributed by atoms with Gasteiger partial charge in [-0.15, -0.1) is 24.0 Å². The number of benzene rings is 1. The molecule has 1 aromatic rings. The van der Waals surface area contributed by atoms with E-state index < -0.39 is 0 Å². The topological polar surface area (TPSA) is 57.2 Å². The first kappa shape index (κ1) is 24.9. The molecule has 1 aromatic carbocycles. The zero-order valence-electron chi connectivity index (χ0n) is 18.4. The van der Waals surface area contributed by atoms with Gasteiger partial charge in [0.25, 0.3) is 0 Å². The quantitative estimate of drug-likeness (QED) is 0.254. The van der Waals surface area contributed by atoms with Crippen molar-refractivity contribution in [1.82, 2.24) is 15.1 Å². The number of hydrogen-bond donors (Lipinski definition) is 1. The normalized spacial score (nSPS) is 18.2. The number of guanidine groups is 1. The van der Waals surface area contributed by atoms with Crippen LogP contribution in [0.4, 0.5) is 0 Å². The average molecular weight is 528 g/mol. The van der Waals surface area contributed by atoms with Crippen LogP contribution >= 0.6 is 24.0 Å². The number of esters is 1. The fourth-order valence-corrected chi connectivity index (χ4v) is 4.13. The summed E-state index contributed by atoms with van der Waals surface area (Å²) in [5.74, 6) is 0.913. The second kappa shape index (κ2) is 13.1. The molecule has 7 heteroatoms. The highest BCUT2D eigenvalue weighted by atomic mass is 127. The number of halogens is 1. The minimum absolute atomic E-state index is 0. The van der Waals surface area contributed by atoms with Crippen LogP contribution in [0.3, 0.4) is 0 Å². The van der Waals surface area contributed by atoms with E-state index in [9.17, 15) is 4.79 Å². The second-order valence-corrected chi connectivity index (χ2v) is 7.98. The van der Waals surface area contributed by atoms with Gasteiger partial charge in [-0.25, -0.2) is 4.99 Å². The Morgan fingerprint density at radius 3 is 2.30 bits per heavy atom. The third-order valence-electron chi connectivity index (χ3n) is 5.79. The summed E-state index contributed by atoms with van der Waals surface area (Å²) in [7, 11) is 0. The molecule has 1 N–H and O–H groups in total. The van der Waals surface area contributed by atoms with E-state index in [1.165, 1.54) is 37.1 Å². The highest BCUT2D eigenvalue weighted by Crippen LogP contribution is 2.19. The molecule has 6 nitrogen and oxygen atoms in total. The van der Waals surface area contributed by atoms with Gasteiger partial charge >= 0.3 is 5.97 Å². The van der Waals surface area contributed by atoms with Crippen LogP contribution in [0.1, 0.15) is 50.7 Å². The maximum Gasteiger partial charge on any atom is 0.309 e. The summed E-state index contributed by atoms with van der Waals surface area (Å²) in [6.07, 6.45) is 4.32. The molecule has 0 unspecified atom stereocenters. The van der Waals surface area contributed by atoms with Crippen LogP contribution in [0.5, 0.6) is 0 Å². The Hall–Kier alpha value is -1.35. The summed E-state index contributed by atoms with van der Waals surface area (Å²) in [6, 6.07) is 8.87. The molecule has 0 bridgehead atoms. The Balaban J connectivity index is 0.00000320. The molecule has 2 heterocycles. The summed E-state index contributed by atoms with van der Waals surface area (Å²) < 4.78 is 5.17. The molecule has 0 aliphatic carbocycles. The standard InChI is InChI=1S/C23H36N4O2.HI/c1-3-24-23(27-15-11-21(12-16-27)22(28)29-4-2)25-17-19-7-9-20(10-8-19)18-26-13-5-6-14-26;/h7-10,21H,3-6,11-18H2,1-2H3,(H,24,25);1H. The van der Waals surface area contributed by atoms with Gasteiger partial charge in [-0.2, -0.15) is 0 Å². The molecule has 168 valence electrons. The molecule has 2 fully saturated rings. The van der Waals surface area contributed by atoms with Crippen LogP contribution in [0, 0.1) is 5.92 Å². The molecule has 0 aromatic heterocycles. The maximum atomic E-state index is 12.0. The van der Waals surface area contributed by atoms with E-state index in [1.54, 1.807) is 0 Å². The van der Waals surface area contributed by atoms with Crippen molar-refractivity contribution < 1.29 is 9.53 Å². The monoisotopic (exact) mass is 528 g/mol. The molecule has 0 radical (unpaired) electrons. The van der Waals surface area contributed by atoms with Crippen LogP contribution in [-0.2, 0) is 22.6 Å². The molecular formula is C23H37IN4O2. The zero-order chi connectivity index (χ0) is 20.5. The summed E-state index contributed by atoms with van der Waals surface area (Å²) in [6.45, 7) is 11.1. The fourth-order valence-electron chi connectivity index (χ4n) is 4.13. The molecule has 0 spiro atoms. The summed E-state index contributed by atoms with van der Waals surface area (Å²) in [5.41, 5.74) is 2.61. The number of carbonyl (C=O) groups excluding carboxylic acids is 1. The van der Waals surface area contributed by atoms with Crippen molar-refractivity contribution in [1.29, 1.82) is 0 Å². The van der Waals surface area contributed by atoms with Crippen molar-refractivity contribution in [3.63, 3.8) is 0 Å². The lowest BCUT2D eigenvalue weighted by Gasteiger charge is -2.33. The van der Waals surface area contributed by atoms with E-state index in [0.29, 0.717) is 13.2 Å². The highest BCUT2D eigenvalue weighted by Gasteiger charge is 2.27. The SMILES string of the molecule is CCNC(=NCc1ccc(CN2CCCC2)cc1)N1CCC(C(=O)OCC)CC1.I. The summed E-state index contributed by atoms with van der Waals surface area (Å²) >= 11 is 0. The third kappa shape index (κ3) is 7.41. The van der Waals surface area contributed by atoms with Gasteiger partial charge in [-0.05, 0) is 63.7 Å². The summed E-state index contributed by atoms with van der Waals surface area (Å²) in [4.78, 5) is 21.6. The van der Waals surface area contributed by atoms with E-state index in [1.807, 2.05) is 6.92 Å². The van der Waals surface area contributed by atoms with E-state index in [4.69, 9.17) is 9.73 Å². The van der Waals surface area contributed by atoms with Gasteiger partial charge in [-0.1, -0.05) is 24.3 Å². The molecule has 0 amide bonds. The van der Waals surface area contributed by atoms with Crippen molar-refractivity contribution in [2.45, 2.75) is 52.6 Å². The lowest BCUT2D eigenvalue weighted by Crippen LogP contribution is -2.46. The van der Waals surface area contributed by atoms with E-state index in [-0.39, 0.29) is 35.9 Å². The number of ether oxygens (including phenoxy) is 1. The number of hydrogen-bond acceptors (Lipinski definition) is 4. The van der Waals surface area contributed by atoms with Gasteiger partial charge in [0.2, 0.25) is 0 Å². The average Bonchev–Trinajstić information content (AvgIpc) is 3.25. The Morgan fingerprint density at radius 1 is 1.07 bits per heavy atom. The predicted octanol–water partition coefficient (Wildman–Crippen LogP) is 3.64. The first-order valence-corrected chi connectivity index (χ1v) is 11.2. The minimum atomic E-state index is -0.0527. The number of carbonyl (C=O) groups is 1. The highest BCUT2D eigenvalue weighted by molar-refractivity contribution is 14.0. The van der Waals surface area contributed by atoms with E-state index in [0.717, 1.165) is 45.0 Å². The van der Waals surface area contributed by atoms with Crippen LogP contribution < -0.4 is 5.32 Å². The van der Waals surface area contributed by atoms with Crippen molar-refractivity contribution in [3.05, 3.63) is 35.4 Å². The number of nitrogens with zero attached hydrogens (tertiary/aromatic N) is 3. The van der Waals surface area contributed by atoms with Crippen LogP contribution in [0.25, 0.3) is 0 Å². The summed E-state index contributed by atoms with van der Waals surface area (Å²) in [5, 5.41) is 3.40. The second-order valence-electron chi connectivity index (χ2n) is 7.98. The van der Waals surface area contributed by atoms with E-state index in [2.05, 4.69) is 46.3 Å². The van der Waals surface area contributed by atoms with Gasteiger partial charge in [0.05, 0.1) is 19.1 Å². The molecule has 0 saturated carbocycles. The molecule has 3 rings (SSSR count). The van der Waals surface area contributed by atoms with Gasteiger partial charge < -0.3 is 15.0 Å². The minimum Gasteiger partial charge on any atom is -0.466 e. The van der Waals surface area contributed by atoms with Gasteiger partial charge in [0.15, 0.2) is 5.96 Å². The van der Waals surface area contributed by atoms with Gasteiger partial charge in [0, 0.05) is 26.2 Å². The number of likely N-dealkylation sites (tertiary alicyclic amines) is 2. The van der Waals surface area contributed by atoms with Gasteiger partial charge in [-0.3, -0.25) is 9.69 Å². The molecule has 2 aliphatic heterocycles. The largest absolute Gasteiger partial charge is 0.466 e. The lowest BCUT2D eigenvalue weighted by atomic mass is 9.97. The van der Waals surface area contributed by atoms with Crippen molar-refractivity contribution in [2.75, 3.05) is 39.3 Å².